The fraction of sp³-hybridized carbons (Fsp3) is 1.00. The Morgan fingerprint density at radius 1 is 1.36 bits per heavy atom. The monoisotopic (exact) mass is 173 g/mol. The maximum Gasteiger partial charge on any atom is 0.0684 e. The second-order valence-electron chi connectivity index (χ2n) is 3.61. The SMILES string of the molecule is NC1CCCC2SCC(O)C12. The highest BCUT2D eigenvalue weighted by Crippen LogP contribution is 2.41. The maximum absolute atomic E-state index is 9.59. The Kier molecular flexibility index (Phi) is 2.12. The van der Waals surface area contributed by atoms with Gasteiger partial charge >= 0.3 is 0 Å². The Morgan fingerprint density at radius 3 is 2.91 bits per heavy atom. The van der Waals surface area contributed by atoms with Crippen LogP contribution < -0.4 is 5.73 Å². The van der Waals surface area contributed by atoms with Gasteiger partial charge in [-0.2, -0.15) is 11.8 Å². The molecule has 0 aromatic carbocycles. The number of rotatable bonds is 0. The molecule has 0 amide bonds. The van der Waals surface area contributed by atoms with E-state index in [1.807, 2.05) is 11.8 Å². The average Bonchev–Trinajstić information content (AvgIpc) is 2.34. The first kappa shape index (κ1) is 7.90. The van der Waals surface area contributed by atoms with Crippen LogP contribution in [0.5, 0.6) is 0 Å². The molecule has 4 unspecified atom stereocenters. The zero-order chi connectivity index (χ0) is 7.84. The molecule has 1 aliphatic heterocycles. The van der Waals surface area contributed by atoms with Gasteiger partial charge in [0.05, 0.1) is 6.10 Å². The lowest BCUT2D eigenvalue weighted by Crippen LogP contribution is -2.43. The summed E-state index contributed by atoms with van der Waals surface area (Å²) in [6.45, 7) is 0. The van der Waals surface area contributed by atoms with E-state index in [0.717, 1.165) is 12.2 Å². The van der Waals surface area contributed by atoms with Crippen molar-refractivity contribution >= 4 is 11.8 Å². The van der Waals surface area contributed by atoms with Crippen molar-refractivity contribution in [1.82, 2.24) is 0 Å². The van der Waals surface area contributed by atoms with Crippen LogP contribution in [-0.2, 0) is 0 Å². The zero-order valence-electron chi connectivity index (χ0n) is 6.57. The van der Waals surface area contributed by atoms with Gasteiger partial charge in [-0.3, -0.25) is 0 Å². The molecule has 0 spiro atoms. The molecular weight excluding hydrogens is 158 g/mol. The molecule has 1 aliphatic carbocycles. The molecule has 1 saturated carbocycles. The third kappa shape index (κ3) is 1.30. The Labute approximate surface area is 71.5 Å². The molecule has 0 bridgehead atoms. The number of nitrogens with two attached hydrogens (primary N) is 1. The fourth-order valence-electron chi connectivity index (χ4n) is 2.28. The summed E-state index contributed by atoms with van der Waals surface area (Å²) in [7, 11) is 0. The molecule has 2 fully saturated rings. The highest BCUT2D eigenvalue weighted by atomic mass is 32.2. The highest BCUT2D eigenvalue weighted by Gasteiger charge is 2.41. The van der Waals surface area contributed by atoms with Crippen LogP contribution in [0.2, 0.25) is 0 Å². The number of hydrogen-bond donors (Lipinski definition) is 2. The lowest BCUT2D eigenvalue weighted by molar-refractivity contribution is 0.107. The molecule has 0 radical (unpaired) electrons. The number of fused-ring (bicyclic) bond motifs is 1. The Balaban J connectivity index is 2.08. The van der Waals surface area contributed by atoms with Gasteiger partial charge in [0, 0.05) is 23.0 Å². The van der Waals surface area contributed by atoms with Crippen molar-refractivity contribution in [3.8, 4) is 0 Å². The summed E-state index contributed by atoms with van der Waals surface area (Å²) >= 11 is 1.91. The van der Waals surface area contributed by atoms with E-state index in [-0.39, 0.29) is 12.1 Å². The topological polar surface area (TPSA) is 46.2 Å². The molecule has 2 aliphatic rings. The van der Waals surface area contributed by atoms with Crippen LogP contribution in [0.1, 0.15) is 19.3 Å². The standard InChI is InChI=1S/C8H15NOS/c9-5-2-1-3-7-8(5)6(10)4-11-7/h5-8,10H,1-4,9H2. The quantitative estimate of drug-likeness (QED) is 0.563. The van der Waals surface area contributed by atoms with Gasteiger partial charge in [0.25, 0.3) is 0 Å². The van der Waals surface area contributed by atoms with Crippen LogP contribution in [0.15, 0.2) is 0 Å². The maximum atomic E-state index is 9.59. The predicted octanol–water partition coefficient (Wildman–Crippen LogP) is 0.590. The van der Waals surface area contributed by atoms with Crippen molar-refractivity contribution in [2.24, 2.45) is 11.7 Å². The molecule has 2 nitrogen and oxygen atoms in total. The summed E-state index contributed by atoms with van der Waals surface area (Å²) in [5, 5.41) is 10.3. The van der Waals surface area contributed by atoms with Gasteiger partial charge in [-0.15, -0.1) is 0 Å². The van der Waals surface area contributed by atoms with Crippen molar-refractivity contribution in [1.29, 1.82) is 0 Å². The summed E-state index contributed by atoms with van der Waals surface area (Å²) in [6, 6.07) is 0.263. The van der Waals surface area contributed by atoms with E-state index in [4.69, 9.17) is 5.73 Å². The van der Waals surface area contributed by atoms with Crippen LogP contribution in [0.25, 0.3) is 0 Å². The van der Waals surface area contributed by atoms with E-state index >= 15 is 0 Å². The normalized spacial score (nSPS) is 50.7. The second-order valence-corrected chi connectivity index (χ2v) is 4.88. The van der Waals surface area contributed by atoms with E-state index in [2.05, 4.69) is 0 Å². The Hall–Kier alpha value is 0.270. The van der Waals surface area contributed by atoms with Crippen molar-refractivity contribution in [3.05, 3.63) is 0 Å². The fourth-order valence-corrected chi connectivity index (χ4v) is 3.88. The third-order valence-corrected chi connectivity index (χ3v) is 4.39. The molecule has 11 heavy (non-hydrogen) atoms. The largest absolute Gasteiger partial charge is 0.392 e. The molecule has 64 valence electrons. The number of hydrogen-bond acceptors (Lipinski definition) is 3. The van der Waals surface area contributed by atoms with Crippen LogP contribution in [-0.4, -0.2) is 28.3 Å². The zero-order valence-corrected chi connectivity index (χ0v) is 7.39. The summed E-state index contributed by atoms with van der Waals surface area (Å²) < 4.78 is 0. The summed E-state index contributed by atoms with van der Waals surface area (Å²) in [5.41, 5.74) is 5.94. The van der Waals surface area contributed by atoms with E-state index < -0.39 is 0 Å². The van der Waals surface area contributed by atoms with Gasteiger partial charge in [-0.1, -0.05) is 6.42 Å². The first-order valence-electron chi connectivity index (χ1n) is 4.34. The minimum Gasteiger partial charge on any atom is -0.392 e. The van der Waals surface area contributed by atoms with Gasteiger partial charge < -0.3 is 10.8 Å². The molecule has 1 heterocycles. The first-order chi connectivity index (χ1) is 5.29. The second kappa shape index (κ2) is 2.96. The van der Waals surface area contributed by atoms with E-state index in [0.29, 0.717) is 11.2 Å². The lowest BCUT2D eigenvalue weighted by Gasteiger charge is -2.31. The minimum atomic E-state index is -0.125. The van der Waals surface area contributed by atoms with Gasteiger partial charge in [-0.05, 0) is 12.8 Å². The number of thioether (sulfide) groups is 1. The van der Waals surface area contributed by atoms with E-state index in [1.165, 1.54) is 12.8 Å². The van der Waals surface area contributed by atoms with Crippen LogP contribution >= 0.6 is 11.8 Å². The molecule has 3 heteroatoms. The molecule has 2 rings (SSSR count). The minimum absolute atomic E-state index is 0.125. The Morgan fingerprint density at radius 2 is 2.18 bits per heavy atom. The summed E-state index contributed by atoms with van der Waals surface area (Å²) in [5.74, 6) is 1.30. The first-order valence-corrected chi connectivity index (χ1v) is 5.39. The average molecular weight is 173 g/mol. The van der Waals surface area contributed by atoms with Gasteiger partial charge in [0.2, 0.25) is 0 Å². The van der Waals surface area contributed by atoms with Gasteiger partial charge in [0.1, 0.15) is 0 Å². The van der Waals surface area contributed by atoms with Crippen molar-refractivity contribution in [3.63, 3.8) is 0 Å². The number of aliphatic hydroxyl groups is 1. The molecule has 0 aromatic heterocycles. The Bertz CT molecular complexity index is 151. The molecule has 4 atom stereocenters. The molecule has 3 N–H and O–H groups in total. The smallest absolute Gasteiger partial charge is 0.0684 e. The van der Waals surface area contributed by atoms with Crippen LogP contribution in [0.4, 0.5) is 0 Å². The summed E-state index contributed by atoms with van der Waals surface area (Å²) in [6.07, 6.45) is 3.50. The van der Waals surface area contributed by atoms with Gasteiger partial charge in [0.15, 0.2) is 0 Å². The predicted molar refractivity (Wildman–Crippen MR) is 47.6 cm³/mol. The summed E-state index contributed by atoms with van der Waals surface area (Å²) in [4.78, 5) is 0. The van der Waals surface area contributed by atoms with Crippen molar-refractivity contribution in [2.75, 3.05) is 5.75 Å². The van der Waals surface area contributed by atoms with Crippen molar-refractivity contribution < 1.29 is 5.11 Å². The highest BCUT2D eigenvalue weighted by molar-refractivity contribution is 8.00. The van der Waals surface area contributed by atoms with Crippen molar-refractivity contribution in [2.45, 2.75) is 36.7 Å². The lowest BCUT2D eigenvalue weighted by atomic mass is 9.82. The van der Waals surface area contributed by atoms with Crippen LogP contribution in [0.3, 0.4) is 0 Å². The number of aliphatic hydroxyl groups excluding tert-OH is 1. The van der Waals surface area contributed by atoms with E-state index in [9.17, 15) is 5.11 Å². The van der Waals surface area contributed by atoms with Gasteiger partial charge in [-0.25, -0.2) is 0 Å². The third-order valence-electron chi connectivity index (χ3n) is 2.88. The molecular formula is C8H15NOS. The molecule has 1 saturated heterocycles. The molecule has 0 aromatic rings. The van der Waals surface area contributed by atoms with Crippen LogP contribution in [0, 0.1) is 5.92 Å². The van der Waals surface area contributed by atoms with E-state index in [1.54, 1.807) is 0 Å².